The number of ether oxygens (including phenoxy) is 1. The third-order valence-corrected chi connectivity index (χ3v) is 4.18. The zero-order valence-corrected chi connectivity index (χ0v) is 13.5. The van der Waals surface area contributed by atoms with Gasteiger partial charge in [-0.3, -0.25) is 9.48 Å². The minimum Gasteiger partial charge on any atom is -0.378 e. The van der Waals surface area contributed by atoms with E-state index < -0.39 is 0 Å². The van der Waals surface area contributed by atoms with Crippen LogP contribution in [0.4, 0.5) is 5.69 Å². The van der Waals surface area contributed by atoms with E-state index in [0.29, 0.717) is 12.4 Å². The Balaban J connectivity index is 1.69. The van der Waals surface area contributed by atoms with Crippen LogP contribution in [0.15, 0.2) is 30.6 Å². The van der Waals surface area contributed by atoms with E-state index in [4.69, 9.17) is 4.74 Å². The van der Waals surface area contributed by atoms with Crippen molar-refractivity contribution in [1.82, 2.24) is 14.8 Å². The summed E-state index contributed by atoms with van der Waals surface area (Å²) >= 11 is 0. The van der Waals surface area contributed by atoms with Gasteiger partial charge < -0.3 is 10.1 Å². The van der Waals surface area contributed by atoms with Crippen LogP contribution in [-0.4, -0.2) is 33.4 Å². The second-order valence-corrected chi connectivity index (χ2v) is 5.93. The molecular weight excluding hydrogens is 292 g/mol. The Kier molecular flexibility index (Phi) is 4.71. The van der Waals surface area contributed by atoms with Gasteiger partial charge in [0.1, 0.15) is 6.33 Å². The van der Waals surface area contributed by atoms with Gasteiger partial charge in [-0.05, 0) is 31.4 Å². The van der Waals surface area contributed by atoms with E-state index in [2.05, 4.69) is 22.3 Å². The van der Waals surface area contributed by atoms with Crippen molar-refractivity contribution >= 4 is 11.6 Å². The van der Waals surface area contributed by atoms with Gasteiger partial charge in [-0.1, -0.05) is 19.1 Å². The van der Waals surface area contributed by atoms with Crippen molar-refractivity contribution in [3.05, 3.63) is 30.6 Å². The third-order valence-electron chi connectivity index (χ3n) is 4.18. The number of carbonyl (C=O) groups is 1. The Morgan fingerprint density at radius 3 is 3.09 bits per heavy atom. The largest absolute Gasteiger partial charge is 0.378 e. The zero-order valence-electron chi connectivity index (χ0n) is 13.5. The standard InChI is InChI=1S/C17H22N4O2/c1-3-15-10-13(7-8-23-15)17(22)19-14-6-4-5-12(9-14)16-18-11-21(2)20-16/h4-6,9,11,13,15H,3,7-8,10H2,1-2H3,(H,19,22)/t13-,15-/m1/s1. The summed E-state index contributed by atoms with van der Waals surface area (Å²) < 4.78 is 7.30. The molecule has 1 aromatic carbocycles. The highest BCUT2D eigenvalue weighted by atomic mass is 16.5. The molecule has 1 amide bonds. The number of rotatable bonds is 4. The molecule has 3 rings (SSSR count). The van der Waals surface area contributed by atoms with Crippen molar-refractivity contribution in [2.24, 2.45) is 13.0 Å². The van der Waals surface area contributed by atoms with E-state index >= 15 is 0 Å². The molecule has 6 nitrogen and oxygen atoms in total. The predicted molar refractivity (Wildman–Crippen MR) is 87.8 cm³/mol. The lowest BCUT2D eigenvalue weighted by molar-refractivity contribution is -0.124. The molecule has 2 aromatic rings. The number of hydrogen-bond donors (Lipinski definition) is 1. The van der Waals surface area contributed by atoms with Crippen LogP contribution in [0.3, 0.4) is 0 Å². The van der Waals surface area contributed by atoms with Crippen LogP contribution < -0.4 is 5.32 Å². The molecular formula is C17H22N4O2. The number of amides is 1. The Morgan fingerprint density at radius 1 is 1.48 bits per heavy atom. The summed E-state index contributed by atoms with van der Waals surface area (Å²) in [5.74, 6) is 0.740. The van der Waals surface area contributed by atoms with Crippen LogP contribution in [0.5, 0.6) is 0 Å². The highest BCUT2D eigenvalue weighted by molar-refractivity contribution is 5.93. The third kappa shape index (κ3) is 3.76. The van der Waals surface area contributed by atoms with Gasteiger partial charge in [0.05, 0.1) is 6.10 Å². The number of aryl methyl sites for hydroxylation is 1. The van der Waals surface area contributed by atoms with Crippen molar-refractivity contribution in [2.75, 3.05) is 11.9 Å². The summed E-state index contributed by atoms with van der Waals surface area (Å²) in [7, 11) is 1.83. The maximum Gasteiger partial charge on any atom is 0.227 e. The number of nitrogens with zero attached hydrogens (tertiary/aromatic N) is 3. The second-order valence-electron chi connectivity index (χ2n) is 5.93. The number of anilines is 1. The summed E-state index contributed by atoms with van der Waals surface area (Å²) in [6, 6.07) is 7.64. The molecule has 0 unspecified atom stereocenters. The van der Waals surface area contributed by atoms with Gasteiger partial charge in [-0.25, -0.2) is 4.98 Å². The SMILES string of the molecule is CC[C@@H]1C[C@H](C(=O)Nc2cccc(-c3ncn(C)n3)c2)CCO1. The molecule has 1 saturated heterocycles. The molecule has 0 saturated carbocycles. The van der Waals surface area contributed by atoms with Crippen molar-refractivity contribution in [3.63, 3.8) is 0 Å². The molecule has 1 fully saturated rings. The number of benzene rings is 1. The van der Waals surface area contributed by atoms with Gasteiger partial charge in [0.2, 0.25) is 5.91 Å². The fourth-order valence-corrected chi connectivity index (χ4v) is 2.85. The minimum atomic E-state index is 0.0188. The monoisotopic (exact) mass is 314 g/mol. The van der Waals surface area contributed by atoms with Gasteiger partial charge in [0, 0.05) is 30.8 Å². The lowest BCUT2D eigenvalue weighted by Crippen LogP contribution is -2.33. The predicted octanol–water partition coefficient (Wildman–Crippen LogP) is 2.63. The molecule has 2 heterocycles. The van der Waals surface area contributed by atoms with Crippen molar-refractivity contribution in [3.8, 4) is 11.4 Å². The topological polar surface area (TPSA) is 69.0 Å². The first-order valence-electron chi connectivity index (χ1n) is 8.04. The fourth-order valence-electron chi connectivity index (χ4n) is 2.85. The van der Waals surface area contributed by atoms with Crippen molar-refractivity contribution in [1.29, 1.82) is 0 Å². The molecule has 2 atom stereocenters. The van der Waals surface area contributed by atoms with Crippen molar-refractivity contribution in [2.45, 2.75) is 32.3 Å². The Bertz CT molecular complexity index is 683. The summed E-state index contributed by atoms with van der Waals surface area (Å²) in [5.41, 5.74) is 1.67. The summed E-state index contributed by atoms with van der Waals surface area (Å²) in [6.07, 6.45) is 4.38. The molecule has 1 aliphatic heterocycles. The molecule has 1 N–H and O–H groups in total. The first-order valence-corrected chi connectivity index (χ1v) is 8.04. The molecule has 0 bridgehead atoms. The van der Waals surface area contributed by atoms with E-state index in [9.17, 15) is 4.79 Å². The Morgan fingerprint density at radius 2 is 2.35 bits per heavy atom. The molecule has 0 spiro atoms. The normalized spacial score (nSPS) is 21.1. The van der Waals surface area contributed by atoms with Gasteiger partial charge in [-0.2, -0.15) is 5.10 Å². The fraction of sp³-hybridized carbons (Fsp3) is 0.471. The average Bonchev–Trinajstić information content (AvgIpc) is 3.02. The molecule has 0 aliphatic carbocycles. The highest BCUT2D eigenvalue weighted by Gasteiger charge is 2.27. The maximum atomic E-state index is 12.5. The quantitative estimate of drug-likeness (QED) is 0.942. The molecule has 0 radical (unpaired) electrons. The minimum absolute atomic E-state index is 0.0188. The molecule has 122 valence electrons. The van der Waals surface area contributed by atoms with E-state index in [-0.39, 0.29) is 17.9 Å². The number of carbonyl (C=O) groups excluding carboxylic acids is 1. The van der Waals surface area contributed by atoms with Gasteiger partial charge in [0.15, 0.2) is 5.82 Å². The maximum absolute atomic E-state index is 12.5. The van der Waals surface area contributed by atoms with Crippen LogP contribution in [0.25, 0.3) is 11.4 Å². The Labute approximate surface area is 135 Å². The number of hydrogen-bond acceptors (Lipinski definition) is 4. The molecule has 23 heavy (non-hydrogen) atoms. The highest BCUT2D eigenvalue weighted by Crippen LogP contribution is 2.25. The van der Waals surface area contributed by atoms with E-state index in [1.807, 2.05) is 31.3 Å². The summed E-state index contributed by atoms with van der Waals surface area (Å²) in [6.45, 7) is 2.75. The lowest BCUT2D eigenvalue weighted by atomic mass is 9.93. The molecule has 6 heteroatoms. The summed E-state index contributed by atoms with van der Waals surface area (Å²) in [5, 5.41) is 7.30. The van der Waals surface area contributed by atoms with E-state index in [1.54, 1.807) is 11.0 Å². The van der Waals surface area contributed by atoms with Crippen LogP contribution >= 0.6 is 0 Å². The molecule has 1 aromatic heterocycles. The second kappa shape index (κ2) is 6.91. The van der Waals surface area contributed by atoms with Crippen LogP contribution in [0, 0.1) is 5.92 Å². The Hall–Kier alpha value is -2.21. The first-order chi connectivity index (χ1) is 11.2. The number of aromatic nitrogens is 3. The smallest absolute Gasteiger partial charge is 0.227 e. The average molecular weight is 314 g/mol. The lowest BCUT2D eigenvalue weighted by Gasteiger charge is -2.28. The van der Waals surface area contributed by atoms with E-state index in [1.165, 1.54) is 0 Å². The molecule has 1 aliphatic rings. The van der Waals surface area contributed by atoms with E-state index in [0.717, 1.165) is 30.5 Å². The van der Waals surface area contributed by atoms with Gasteiger partial charge >= 0.3 is 0 Å². The van der Waals surface area contributed by atoms with Crippen LogP contribution in [0.2, 0.25) is 0 Å². The zero-order chi connectivity index (χ0) is 16.2. The van der Waals surface area contributed by atoms with Gasteiger partial charge in [-0.15, -0.1) is 0 Å². The first kappa shape index (κ1) is 15.7. The van der Waals surface area contributed by atoms with Crippen LogP contribution in [-0.2, 0) is 16.6 Å². The summed E-state index contributed by atoms with van der Waals surface area (Å²) in [4.78, 5) is 16.7. The van der Waals surface area contributed by atoms with Crippen molar-refractivity contribution < 1.29 is 9.53 Å². The van der Waals surface area contributed by atoms with Gasteiger partial charge in [0.25, 0.3) is 0 Å². The van der Waals surface area contributed by atoms with Crippen LogP contribution in [0.1, 0.15) is 26.2 Å². The number of nitrogens with one attached hydrogen (secondary N) is 1.